The third-order valence-corrected chi connectivity index (χ3v) is 3.42. The summed E-state index contributed by atoms with van der Waals surface area (Å²) in [4.78, 5) is 4.37. The minimum Gasteiger partial charge on any atom is -0.495 e. The minimum absolute atomic E-state index is 0.572. The molecule has 0 aliphatic carbocycles. The lowest BCUT2D eigenvalue weighted by Crippen LogP contribution is -2.03. The molecule has 0 amide bonds. The van der Waals surface area contributed by atoms with E-state index in [1.54, 1.807) is 30.6 Å². The van der Waals surface area contributed by atoms with E-state index in [4.69, 9.17) is 10.00 Å². The van der Waals surface area contributed by atoms with Crippen LogP contribution in [0, 0.1) is 18.3 Å². The van der Waals surface area contributed by atoms with E-state index < -0.39 is 0 Å². The van der Waals surface area contributed by atoms with Crippen LogP contribution in [-0.4, -0.2) is 12.1 Å². The minimum atomic E-state index is 0.572. The lowest BCUT2D eigenvalue weighted by atomic mass is 10.2. The van der Waals surface area contributed by atoms with E-state index in [1.165, 1.54) is 0 Å². The number of methoxy groups -OCH3 is 1. The molecule has 0 aliphatic heterocycles. The van der Waals surface area contributed by atoms with Gasteiger partial charge in [-0.3, -0.25) is 0 Å². The van der Waals surface area contributed by atoms with Crippen LogP contribution in [0.4, 0.5) is 5.69 Å². The Labute approximate surface area is 110 Å². The molecule has 5 heteroatoms. The molecule has 18 heavy (non-hydrogen) atoms. The number of hydrogen-bond donors (Lipinski definition) is 1. The summed E-state index contributed by atoms with van der Waals surface area (Å²) >= 11 is 1.60. The van der Waals surface area contributed by atoms with Crippen molar-refractivity contribution in [2.75, 3.05) is 12.4 Å². The van der Waals surface area contributed by atoms with Gasteiger partial charge in [0.25, 0.3) is 0 Å². The average Bonchev–Trinajstić information content (AvgIpc) is 2.81. The second-order valence-electron chi connectivity index (χ2n) is 3.73. The number of thiazole rings is 1. The predicted octanol–water partition coefficient (Wildman–Crippen LogP) is 2.94. The molecule has 1 aromatic carbocycles. The fourth-order valence-corrected chi connectivity index (χ4v) is 2.34. The van der Waals surface area contributed by atoms with E-state index in [1.807, 2.05) is 18.4 Å². The van der Waals surface area contributed by atoms with Crippen LogP contribution in [-0.2, 0) is 6.54 Å². The number of hydrogen-bond acceptors (Lipinski definition) is 5. The standard InChI is InChI=1S/C13H13N3OS/c1-9-8-18-12(16-9)7-15-13-10(6-14)4-3-5-11(13)17-2/h3-5,8,15H,7H2,1-2H3. The molecule has 1 N–H and O–H groups in total. The van der Waals surface area contributed by atoms with E-state index in [-0.39, 0.29) is 0 Å². The van der Waals surface area contributed by atoms with Gasteiger partial charge in [0.1, 0.15) is 16.8 Å². The molecular formula is C13H13N3OS. The molecule has 0 bridgehead atoms. The van der Waals surface area contributed by atoms with Crippen LogP contribution in [0.2, 0.25) is 0 Å². The summed E-state index contributed by atoms with van der Waals surface area (Å²) < 4.78 is 5.25. The topological polar surface area (TPSA) is 57.9 Å². The van der Waals surface area contributed by atoms with Gasteiger partial charge in [-0.2, -0.15) is 5.26 Å². The van der Waals surface area contributed by atoms with Crippen molar-refractivity contribution >= 4 is 17.0 Å². The predicted molar refractivity (Wildman–Crippen MR) is 71.9 cm³/mol. The number of ether oxygens (including phenoxy) is 1. The molecule has 92 valence electrons. The SMILES string of the molecule is COc1cccc(C#N)c1NCc1nc(C)cs1. The van der Waals surface area contributed by atoms with Gasteiger partial charge in [0.2, 0.25) is 0 Å². The number of rotatable bonds is 4. The maximum atomic E-state index is 9.08. The van der Waals surface area contributed by atoms with Crippen molar-refractivity contribution in [1.82, 2.24) is 4.98 Å². The Bertz CT molecular complexity index is 586. The maximum absolute atomic E-state index is 9.08. The summed E-state index contributed by atoms with van der Waals surface area (Å²) in [5.74, 6) is 0.669. The molecule has 0 aliphatic rings. The molecule has 1 heterocycles. The van der Waals surface area contributed by atoms with Crippen LogP contribution < -0.4 is 10.1 Å². The quantitative estimate of drug-likeness (QED) is 0.917. The molecule has 0 radical (unpaired) electrons. The summed E-state index contributed by atoms with van der Waals surface area (Å²) in [6.07, 6.45) is 0. The first-order valence-corrected chi connectivity index (χ1v) is 6.34. The number of para-hydroxylation sites is 1. The highest BCUT2D eigenvalue weighted by Gasteiger charge is 2.09. The second kappa shape index (κ2) is 5.52. The van der Waals surface area contributed by atoms with E-state index >= 15 is 0 Å². The number of nitriles is 1. The van der Waals surface area contributed by atoms with Crippen molar-refractivity contribution in [2.45, 2.75) is 13.5 Å². The third kappa shape index (κ3) is 2.60. The zero-order valence-corrected chi connectivity index (χ0v) is 11.0. The van der Waals surface area contributed by atoms with Crippen molar-refractivity contribution in [3.63, 3.8) is 0 Å². The van der Waals surface area contributed by atoms with Gasteiger partial charge >= 0.3 is 0 Å². The molecule has 2 aromatic rings. The smallest absolute Gasteiger partial charge is 0.143 e. The summed E-state index contributed by atoms with van der Waals surface area (Å²) in [5.41, 5.74) is 2.30. The zero-order valence-electron chi connectivity index (χ0n) is 10.2. The molecular weight excluding hydrogens is 246 g/mol. The summed E-state index contributed by atoms with van der Waals surface area (Å²) in [5, 5.41) is 15.3. The largest absolute Gasteiger partial charge is 0.495 e. The molecule has 2 rings (SSSR count). The average molecular weight is 259 g/mol. The normalized spacial score (nSPS) is 9.83. The van der Waals surface area contributed by atoms with Crippen LogP contribution in [0.25, 0.3) is 0 Å². The maximum Gasteiger partial charge on any atom is 0.143 e. The summed E-state index contributed by atoms with van der Waals surface area (Å²) in [6, 6.07) is 7.55. The molecule has 1 aromatic heterocycles. The highest BCUT2D eigenvalue weighted by atomic mass is 32.1. The number of nitrogens with one attached hydrogen (secondary N) is 1. The number of anilines is 1. The Hall–Kier alpha value is -2.06. The molecule has 4 nitrogen and oxygen atoms in total. The highest BCUT2D eigenvalue weighted by molar-refractivity contribution is 7.09. The lowest BCUT2D eigenvalue weighted by Gasteiger charge is -2.11. The van der Waals surface area contributed by atoms with E-state index in [0.29, 0.717) is 17.9 Å². The van der Waals surface area contributed by atoms with Gasteiger partial charge < -0.3 is 10.1 Å². The van der Waals surface area contributed by atoms with Gasteiger partial charge in [-0.1, -0.05) is 6.07 Å². The highest BCUT2D eigenvalue weighted by Crippen LogP contribution is 2.28. The van der Waals surface area contributed by atoms with Crippen LogP contribution in [0.1, 0.15) is 16.3 Å². The fourth-order valence-electron chi connectivity index (χ4n) is 1.62. The first-order valence-electron chi connectivity index (χ1n) is 5.46. The zero-order chi connectivity index (χ0) is 13.0. The Morgan fingerprint density at radius 3 is 2.94 bits per heavy atom. The van der Waals surface area contributed by atoms with Crippen molar-refractivity contribution in [2.24, 2.45) is 0 Å². The Morgan fingerprint density at radius 2 is 2.33 bits per heavy atom. The molecule has 0 atom stereocenters. The Kier molecular flexibility index (Phi) is 3.80. The van der Waals surface area contributed by atoms with Crippen molar-refractivity contribution < 1.29 is 4.74 Å². The van der Waals surface area contributed by atoms with Gasteiger partial charge in [0.15, 0.2) is 0 Å². The molecule has 0 spiro atoms. The van der Waals surface area contributed by atoms with Crippen molar-refractivity contribution in [3.8, 4) is 11.8 Å². The van der Waals surface area contributed by atoms with Gasteiger partial charge in [-0.25, -0.2) is 4.98 Å². The van der Waals surface area contributed by atoms with Crippen LogP contribution in [0.3, 0.4) is 0 Å². The molecule has 0 saturated carbocycles. The Balaban J connectivity index is 2.20. The van der Waals surface area contributed by atoms with E-state index in [9.17, 15) is 0 Å². The van der Waals surface area contributed by atoms with Crippen molar-refractivity contribution in [1.29, 1.82) is 5.26 Å². The number of benzene rings is 1. The summed E-state index contributed by atoms with van der Waals surface area (Å²) in [6.45, 7) is 2.55. The van der Waals surface area contributed by atoms with E-state index in [0.717, 1.165) is 16.4 Å². The van der Waals surface area contributed by atoms with E-state index in [2.05, 4.69) is 16.4 Å². The van der Waals surface area contributed by atoms with Crippen LogP contribution in [0.5, 0.6) is 5.75 Å². The molecule has 0 unspecified atom stereocenters. The lowest BCUT2D eigenvalue weighted by molar-refractivity contribution is 0.416. The van der Waals surface area contributed by atoms with Crippen molar-refractivity contribution in [3.05, 3.63) is 39.8 Å². The second-order valence-corrected chi connectivity index (χ2v) is 4.67. The fraction of sp³-hybridized carbons (Fsp3) is 0.231. The third-order valence-electron chi connectivity index (χ3n) is 2.45. The van der Waals surface area contributed by atoms with Gasteiger partial charge in [0, 0.05) is 11.1 Å². The van der Waals surface area contributed by atoms with Gasteiger partial charge in [-0.05, 0) is 19.1 Å². The Morgan fingerprint density at radius 1 is 1.50 bits per heavy atom. The molecule has 0 fully saturated rings. The number of aryl methyl sites for hydroxylation is 1. The molecule has 0 saturated heterocycles. The van der Waals surface area contributed by atoms with Gasteiger partial charge in [0.05, 0.1) is 24.9 Å². The monoisotopic (exact) mass is 259 g/mol. The van der Waals surface area contributed by atoms with Crippen LogP contribution in [0.15, 0.2) is 23.6 Å². The first-order chi connectivity index (χ1) is 8.74. The first kappa shape index (κ1) is 12.4. The van der Waals surface area contributed by atoms with Gasteiger partial charge in [-0.15, -0.1) is 11.3 Å². The van der Waals surface area contributed by atoms with Crippen LogP contribution >= 0.6 is 11.3 Å². The number of aromatic nitrogens is 1. The summed E-state index contributed by atoms with van der Waals surface area (Å²) in [7, 11) is 1.59. The number of nitrogens with zero attached hydrogens (tertiary/aromatic N) is 2.